The Hall–Kier alpha value is -0.990. The maximum absolute atomic E-state index is 10.7. The van der Waals surface area contributed by atoms with Gasteiger partial charge in [0.05, 0.1) is 6.61 Å². The number of carbonyl (C=O) groups is 1. The van der Waals surface area contributed by atoms with Crippen molar-refractivity contribution in [2.45, 2.75) is 37.6 Å². The van der Waals surface area contributed by atoms with Gasteiger partial charge in [0.1, 0.15) is 24.4 Å². The Kier molecular flexibility index (Phi) is 11.4. The fraction of sp³-hybridized carbons (Fsp3) is 0.875. The molecule has 0 bridgehead atoms. The Morgan fingerprint density at radius 3 is 1.60 bits per heavy atom. The van der Waals surface area contributed by atoms with Crippen LogP contribution in [-0.4, -0.2) is 98.6 Å². The van der Waals surface area contributed by atoms with Crippen LogP contribution in [0.1, 0.15) is 6.92 Å². The monoisotopic (exact) mass is 417 g/mol. The summed E-state index contributed by atoms with van der Waals surface area (Å²) in [5, 5.41) is 39.4. The molecule has 9 N–H and O–H groups in total. The van der Waals surface area contributed by atoms with E-state index in [1.807, 2.05) is 0 Å². The highest BCUT2D eigenvalue weighted by molar-refractivity contribution is 7.80. The maximum Gasteiger partial charge on any atom is 0.394 e. The van der Waals surface area contributed by atoms with Gasteiger partial charge in [-0.1, -0.05) is 0 Å². The minimum atomic E-state index is -4.67. The van der Waals surface area contributed by atoms with Crippen LogP contribution in [0.2, 0.25) is 0 Å². The summed E-state index contributed by atoms with van der Waals surface area (Å²) in [6.07, 6.45) is -5.24. The molecule has 0 saturated carbocycles. The zero-order valence-corrected chi connectivity index (χ0v) is 14.1. The van der Waals surface area contributed by atoms with Crippen molar-refractivity contribution in [1.82, 2.24) is 5.32 Å². The van der Waals surface area contributed by atoms with Gasteiger partial charge in [-0.25, -0.2) is 0 Å². The smallest absolute Gasteiger partial charge is 0.394 e. The lowest BCUT2D eigenvalue weighted by Crippen LogP contribution is -2.63. The molecule has 1 fully saturated rings. The lowest BCUT2D eigenvalue weighted by molar-refractivity contribution is -0.253. The van der Waals surface area contributed by atoms with Crippen molar-refractivity contribution < 1.29 is 65.0 Å². The van der Waals surface area contributed by atoms with Crippen molar-refractivity contribution >= 4 is 26.7 Å². The molecule has 0 radical (unpaired) electrons. The van der Waals surface area contributed by atoms with Crippen LogP contribution in [0.15, 0.2) is 0 Å². The molecule has 152 valence electrons. The number of aliphatic hydroxyl groups excluding tert-OH is 4. The topological polar surface area (TPSA) is 268 Å². The molecular formula is C8H19NO14S2. The summed E-state index contributed by atoms with van der Waals surface area (Å²) < 4.78 is 68.0. The van der Waals surface area contributed by atoms with Crippen LogP contribution in [0.4, 0.5) is 0 Å². The fourth-order valence-electron chi connectivity index (χ4n) is 1.49. The average molecular weight is 417 g/mol. The first-order valence-corrected chi connectivity index (χ1v) is 8.74. The molecule has 0 aromatic heterocycles. The summed E-state index contributed by atoms with van der Waals surface area (Å²) in [5.41, 5.74) is 0. The minimum absolute atomic E-state index is 0.462. The summed E-state index contributed by atoms with van der Waals surface area (Å²) in [5.74, 6) is -0.462. The van der Waals surface area contributed by atoms with Gasteiger partial charge in [0.2, 0.25) is 5.91 Å². The van der Waals surface area contributed by atoms with Gasteiger partial charge in [-0.3, -0.25) is 23.0 Å². The van der Waals surface area contributed by atoms with Crippen LogP contribution in [0.3, 0.4) is 0 Å². The van der Waals surface area contributed by atoms with Crippen molar-refractivity contribution in [3.63, 3.8) is 0 Å². The Morgan fingerprint density at radius 1 is 0.960 bits per heavy atom. The standard InChI is InChI=1S/C8H15NO6.2H2O4S/c1-3(11)9-5-7(13)6(12)4(2-10)15-8(5)14;2*1-5(2,3)4/h4-8,10,12-14H,2H2,1H3,(H,9,11);2*(H2,1,2,3,4). The second-order valence-electron chi connectivity index (χ2n) is 4.35. The average Bonchev–Trinajstić information content (AvgIpc) is 2.34. The third-order valence-corrected chi connectivity index (χ3v) is 2.27. The van der Waals surface area contributed by atoms with Crippen LogP contribution in [0.25, 0.3) is 0 Å². The third-order valence-electron chi connectivity index (χ3n) is 2.27. The van der Waals surface area contributed by atoms with Crippen molar-refractivity contribution in [3.05, 3.63) is 0 Å². The number of amides is 1. The van der Waals surface area contributed by atoms with Gasteiger partial charge in [0, 0.05) is 6.92 Å². The molecule has 15 nitrogen and oxygen atoms in total. The zero-order valence-electron chi connectivity index (χ0n) is 12.4. The van der Waals surface area contributed by atoms with Crippen LogP contribution < -0.4 is 5.32 Å². The number of aliphatic hydroxyl groups is 4. The van der Waals surface area contributed by atoms with E-state index in [0.29, 0.717) is 0 Å². The van der Waals surface area contributed by atoms with E-state index in [0.717, 1.165) is 0 Å². The molecule has 1 saturated heterocycles. The highest BCUT2D eigenvalue weighted by atomic mass is 32.3. The summed E-state index contributed by atoms with van der Waals surface area (Å²) in [6.45, 7) is 0.687. The summed E-state index contributed by atoms with van der Waals surface area (Å²) >= 11 is 0. The van der Waals surface area contributed by atoms with Gasteiger partial charge < -0.3 is 30.5 Å². The fourth-order valence-corrected chi connectivity index (χ4v) is 1.49. The summed E-state index contributed by atoms with van der Waals surface area (Å²) in [4.78, 5) is 10.7. The molecule has 1 aliphatic heterocycles. The number of carbonyl (C=O) groups excluding carboxylic acids is 1. The molecule has 0 aliphatic carbocycles. The van der Waals surface area contributed by atoms with Gasteiger partial charge >= 0.3 is 20.8 Å². The summed E-state index contributed by atoms with van der Waals surface area (Å²) in [7, 11) is -9.33. The molecular weight excluding hydrogens is 398 g/mol. The maximum atomic E-state index is 10.7. The summed E-state index contributed by atoms with van der Waals surface area (Å²) in [6, 6.07) is -1.10. The Morgan fingerprint density at radius 2 is 1.32 bits per heavy atom. The zero-order chi connectivity index (χ0) is 20.6. The van der Waals surface area contributed by atoms with E-state index >= 15 is 0 Å². The number of rotatable bonds is 2. The van der Waals surface area contributed by atoms with Crippen LogP contribution in [-0.2, 0) is 30.3 Å². The highest BCUT2D eigenvalue weighted by Gasteiger charge is 2.43. The largest absolute Gasteiger partial charge is 0.394 e. The third kappa shape index (κ3) is 16.2. The number of nitrogens with one attached hydrogen (secondary N) is 1. The lowest BCUT2D eigenvalue weighted by atomic mass is 9.97. The first-order chi connectivity index (χ1) is 11.0. The van der Waals surface area contributed by atoms with Gasteiger partial charge in [0.15, 0.2) is 6.29 Å². The van der Waals surface area contributed by atoms with Gasteiger partial charge in [0.25, 0.3) is 0 Å². The Bertz CT molecular complexity index is 556. The van der Waals surface area contributed by atoms with E-state index in [4.69, 9.17) is 44.9 Å². The lowest BCUT2D eigenvalue weighted by Gasteiger charge is -2.40. The molecule has 5 unspecified atom stereocenters. The van der Waals surface area contributed by atoms with E-state index in [-0.39, 0.29) is 0 Å². The SMILES string of the molecule is CC(=O)NC1C(O)OC(CO)C(O)C1O.O=S(=O)(O)O.O=S(=O)(O)O. The predicted molar refractivity (Wildman–Crippen MR) is 75.9 cm³/mol. The Labute approximate surface area is 142 Å². The van der Waals surface area contributed by atoms with E-state index in [2.05, 4.69) is 5.32 Å². The second-order valence-corrected chi connectivity index (χ2v) is 6.14. The molecule has 1 aliphatic rings. The normalized spacial score (nSPS) is 29.4. The first-order valence-electron chi connectivity index (χ1n) is 5.94. The molecule has 0 aromatic carbocycles. The van der Waals surface area contributed by atoms with Gasteiger partial charge in [-0.2, -0.15) is 16.8 Å². The first kappa shape index (κ1) is 26.2. The van der Waals surface area contributed by atoms with E-state index in [1.54, 1.807) is 0 Å². The molecule has 0 aromatic rings. The molecule has 0 spiro atoms. The molecule has 5 atom stereocenters. The predicted octanol–water partition coefficient (Wildman–Crippen LogP) is -4.38. The highest BCUT2D eigenvalue weighted by Crippen LogP contribution is 2.19. The van der Waals surface area contributed by atoms with Gasteiger partial charge in [-0.15, -0.1) is 0 Å². The van der Waals surface area contributed by atoms with Crippen LogP contribution in [0.5, 0.6) is 0 Å². The van der Waals surface area contributed by atoms with E-state index in [1.165, 1.54) is 6.92 Å². The number of ether oxygens (including phenoxy) is 1. The van der Waals surface area contributed by atoms with Gasteiger partial charge in [-0.05, 0) is 0 Å². The Balaban J connectivity index is 0. The van der Waals surface area contributed by atoms with E-state index < -0.39 is 64.0 Å². The van der Waals surface area contributed by atoms with Crippen molar-refractivity contribution in [2.24, 2.45) is 0 Å². The van der Waals surface area contributed by atoms with Crippen molar-refractivity contribution in [2.75, 3.05) is 6.61 Å². The van der Waals surface area contributed by atoms with Crippen molar-refractivity contribution in [1.29, 1.82) is 0 Å². The molecule has 1 heterocycles. The minimum Gasteiger partial charge on any atom is -0.394 e. The molecule has 17 heteroatoms. The van der Waals surface area contributed by atoms with Crippen LogP contribution >= 0.6 is 0 Å². The van der Waals surface area contributed by atoms with Crippen molar-refractivity contribution in [3.8, 4) is 0 Å². The molecule has 1 rings (SSSR count). The molecule has 1 amide bonds. The van der Waals surface area contributed by atoms with Crippen LogP contribution in [0, 0.1) is 0 Å². The van der Waals surface area contributed by atoms with E-state index in [9.17, 15) is 20.1 Å². The number of hydrogen-bond donors (Lipinski definition) is 9. The number of hydrogen-bond acceptors (Lipinski definition) is 10. The second kappa shape index (κ2) is 10.9. The molecule has 25 heavy (non-hydrogen) atoms. The quantitative estimate of drug-likeness (QED) is 0.192.